The van der Waals surface area contributed by atoms with Crippen LogP contribution in [0.15, 0.2) is 47.5 Å². The second-order valence-corrected chi connectivity index (χ2v) is 5.70. The van der Waals surface area contributed by atoms with Gasteiger partial charge in [-0.15, -0.1) is 6.42 Å². The highest BCUT2D eigenvalue weighted by Crippen LogP contribution is 2.20. The summed E-state index contributed by atoms with van der Waals surface area (Å²) in [5.41, 5.74) is 0.427. The Morgan fingerprint density at radius 1 is 1.26 bits per heavy atom. The Morgan fingerprint density at radius 3 is 2.78 bits per heavy atom. The summed E-state index contributed by atoms with van der Waals surface area (Å²) in [6.45, 7) is 0.0796. The van der Waals surface area contributed by atoms with Gasteiger partial charge >= 0.3 is 0 Å². The number of terminal acetylenes is 1. The van der Waals surface area contributed by atoms with Gasteiger partial charge in [-0.25, -0.2) is 8.78 Å². The number of aromatic nitrogens is 1. The molecule has 1 amide bonds. The molecule has 0 unspecified atom stereocenters. The molecule has 0 bridgehead atoms. The van der Waals surface area contributed by atoms with Crippen molar-refractivity contribution in [3.8, 4) is 12.3 Å². The van der Waals surface area contributed by atoms with Gasteiger partial charge in [0, 0.05) is 5.56 Å². The van der Waals surface area contributed by atoms with Crippen molar-refractivity contribution < 1.29 is 13.6 Å². The lowest BCUT2D eigenvalue weighted by Gasteiger charge is -2.00. The van der Waals surface area contributed by atoms with Gasteiger partial charge in [0.15, 0.2) is 4.80 Å². The molecule has 3 nitrogen and oxygen atoms in total. The highest BCUT2D eigenvalue weighted by atomic mass is 32.1. The summed E-state index contributed by atoms with van der Waals surface area (Å²) < 4.78 is 29.3. The van der Waals surface area contributed by atoms with E-state index in [-0.39, 0.29) is 16.9 Å². The minimum atomic E-state index is -0.609. The van der Waals surface area contributed by atoms with E-state index in [1.165, 1.54) is 28.8 Å². The van der Waals surface area contributed by atoms with Crippen molar-refractivity contribution >= 4 is 27.5 Å². The predicted molar refractivity (Wildman–Crippen MR) is 84.9 cm³/mol. The van der Waals surface area contributed by atoms with Gasteiger partial charge in [0.2, 0.25) is 0 Å². The molecular formula is C17H10F2N2OS. The maximum Gasteiger partial charge on any atom is 0.279 e. The molecule has 0 aliphatic rings. The first-order valence-electron chi connectivity index (χ1n) is 6.66. The van der Waals surface area contributed by atoms with E-state index in [0.717, 1.165) is 17.4 Å². The van der Waals surface area contributed by atoms with Gasteiger partial charge in [0.1, 0.15) is 11.6 Å². The second-order valence-electron chi connectivity index (χ2n) is 4.69. The van der Waals surface area contributed by atoms with Gasteiger partial charge in [-0.3, -0.25) is 4.79 Å². The third kappa shape index (κ3) is 2.91. The molecule has 3 aromatic rings. The minimum absolute atomic E-state index is 0.0796. The topological polar surface area (TPSA) is 34.4 Å². The number of amides is 1. The van der Waals surface area contributed by atoms with Crippen LogP contribution >= 0.6 is 11.3 Å². The molecule has 0 saturated carbocycles. The maximum atomic E-state index is 14.0. The molecular weight excluding hydrogens is 318 g/mol. The SMILES string of the molecule is C#CCn1c(=NC(=O)c2cccc(F)c2)sc2cccc(F)c21. The minimum Gasteiger partial charge on any atom is -0.302 e. The number of para-hydroxylation sites is 1. The van der Waals surface area contributed by atoms with Crippen molar-refractivity contribution in [2.75, 3.05) is 0 Å². The third-order valence-corrected chi connectivity index (χ3v) is 4.21. The Bertz CT molecular complexity index is 1010. The Labute approximate surface area is 134 Å². The fourth-order valence-corrected chi connectivity index (χ4v) is 3.23. The molecule has 0 saturated heterocycles. The summed E-state index contributed by atoms with van der Waals surface area (Å²) >= 11 is 1.15. The number of benzene rings is 2. The van der Waals surface area contributed by atoms with Crippen LogP contribution in [-0.2, 0) is 6.54 Å². The first kappa shape index (κ1) is 15.1. The summed E-state index contributed by atoms with van der Waals surface area (Å²) in [7, 11) is 0. The zero-order valence-corrected chi connectivity index (χ0v) is 12.6. The standard InChI is InChI=1S/C17H10F2N2OS/c1-2-9-21-15-13(19)7-4-8-14(15)23-17(21)20-16(22)11-5-3-6-12(18)10-11/h1,3-8,10H,9H2. The predicted octanol–water partition coefficient (Wildman–Crippen LogP) is 3.36. The summed E-state index contributed by atoms with van der Waals surface area (Å²) in [4.78, 5) is 16.5. The van der Waals surface area contributed by atoms with Gasteiger partial charge in [-0.05, 0) is 30.3 Å². The van der Waals surface area contributed by atoms with Gasteiger partial charge < -0.3 is 4.57 Å². The molecule has 114 valence electrons. The molecule has 1 heterocycles. The number of halogens is 2. The van der Waals surface area contributed by atoms with E-state index >= 15 is 0 Å². The van der Waals surface area contributed by atoms with E-state index in [4.69, 9.17) is 6.42 Å². The van der Waals surface area contributed by atoms with Crippen LogP contribution in [0, 0.1) is 24.0 Å². The molecule has 3 rings (SSSR count). The van der Waals surface area contributed by atoms with Gasteiger partial charge in [-0.1, -0.05) is 29.4 Å². The number of fused-ring (bicyclic) bond motifs is 1. The lowest BCUT2D eigenvalue weighted by Crippen LogP contribution is -2.17. The van der Waals surface area contributed by atoms with Gasteiger partial charge in [0.25, 0.3) is 5.91 Å². The van der Waals surface area contributed by atoms with Crippen LogP contribution in [0.25, 0.3) is 10.2 Å². The normalized spacial score (nSPS) is 11.6. The first-order valence-corrected chi connectivity index (χ1v) is 7.48. The van der Waals surface area contributed by atoms with Crippen LogP contribution in [0.4, 0.5) is 8.78 Å². The largest absolute Gasteiger partial charge is 0.302 e. The van der Waals surface area contributed by atoms with Gasteiger partial charge in [-0.2, -0.15) is 4.99 Å². The second kappa shape index (κ2) is 6.15. The van der Waals surface area contributed by atoms with Crippen molar-refractivity contribution in [3.63, 3.8) is 0 Å². The molecule has 0 N–H and O–H groups in total. The van der Waals surface area contributed by atoms with E-state index in [0.29, 0.717) is 10.2 Å². The molecule has 0 fully saturated rings. The summed E-state index contributed by atoms with van der Waals surface area (Å²) in [5.74, 6) is 0.855. The fraction of sp³-hybridized carbons (Fsp3) is 0.0588. The summed E-state index contributed by atoms with van der Waals surface area (Å²) in [6.07, 6.45) is 5.33. The van der Waals surface area contributed by atoms with E-state index in [1.807, 2.05) is 0 Å². The Kier molecular flexibility index (Phi) is 4.04. The number of rotatable bonds is 2. The number of nitrogens with zero attached hydrogens (tertiary/aromatic N) is 2. The van der Waals surface area contributed by atoms with E-state index in [9.17, 15) is 13.6 Å². The smallest absolute Gasteiger partial charge is 0.279 e. The highest BCUT2D eigenvalue weighted by molar-refractivity contribution is 7.16. The van der Waals surface area contributed by atoms with E-state index in [2.05, 4.69) is 10.9 Å². The fourth-order valence-electron chi connectivity index (χ4n) is 2.18. The Morgan fingerprint density at radius 2 is 2.04 bits per heavy atom. The lowest BCUT2D eigenvalue weighted by molar-refractivity contribution is 0.0997. The van der Waals surface area contributed by atoms with Crippen molar-refractivity contribution in [1.29, 1.82) is 0 Å². The molecule has 0 aliphatic heterocycles. The van der Waals surface area contributed by atoms with E-state index < -0.39 is 17.5 Å². The van der Waals surface area contributed by atoms with Gasteiger partial charge in [0.05, 0.1) is 16.8 Å². The number of carbonyl (C=O) groups is 1. The Hall–Kier alpha value is -2.78. The number of hydrogen-bond donors (Lipinski definition) is 0. The lowest BCUT2D eigenvalue weighted by atomic mass is 10.2. The molecule has 1 aromatic heterocycles. The van der Waals surface area contributed by atoms with Crippen molar-refractivity contribution in [2.24, 2.45) is 4.99 Å². The average Bonchev–Trinajstić information content (AvgIpc) is 2.86. The molecule has 0 radical (unpaired) electrons. The van der Waals surface area contributed by atoms with Crippen LogP contribution in [0.2, 0.25) is 0 Å². The molecule has 0 spiro atoms. The van der Waals surface area contributed by atoms with Crippen molar-refractivity contribution in [2.45, 2.75) is 6.54 Å². The third-order valence-electron chi connectivity index (χ3n) is 3.17. The van der Waals surface area contributed by atoms with Crippen molar-refractivity contribution in [3.05, 3.63) is 64.5 Å². The van der Waals surface area contributed by atoms with Crippen LogP contribution in [-0.4, -0.2) is 10.5 Å². The molecule has 0 atom stereocenters. The molecule has 0 aliphatic carbocycles. The van der Waals surface area contributed by atoms with Crippen LogP contribution in [0.1, 0.15) is 10.4 Å². The summed E-state index contributed by atoms with van der Waals surface area (Å²) in [6, 6.07) is 9.86. The first-order chi connectivity index (χ1) is 11.1. The zero-order chi connectivity index (χ0) is 16.4. The maximum absolute atomic E-state index is 14.0. The van der Waals surface area contributed by atoms with E-state index in [1.54, 1.807) is 12.1 Å². The molecule has 2 aromatic carbocycles. The van der Waals surface area contributed by atoms with Crippen LogP contribution in [0.3, 0.4) is 0 Å². The summed E-state index contributed by atoms with van der Waals surface area (Å²) in [5, 5.41) is 0. The average molecular weight is 328 g/mol. The molecule has 6 heteroatoms. The quantitative estimate of drug-likeness (QED) is 0.664. The number of carbonyl (C=O) groups excluding carboxylic acids is 1. The highest BCUT2D eigenvalue weighted by Gasteiger charge is 2.12. The number of thiazole rings is 1. The zero-order valence-electron chi connectivity index (χ0n) is 11.8. The molecule has 23 heavy (non-hydrogen) atoms. The Balaban J connectivity index is 2.19. The number of hydrogen-bond acceptors (Lipinski definition) is 2. The van der Waals surface area contributed by atoms with Crippen LogP contribution in [0.5, 0.6) is 0 Å². The monoisotopic (exact) mass is 328 g/mol. The van der Waals surface area contributed by atoms with Crippen molar-refractivity contribution in [1.82, 2.24) is 4.57 Å². The van der Waals surface area contributed by atoms with Crippen LogP contribution < -0.4 is 4.80 Å².